The van der Waals surface area contributed by atoms with E-state index in [9.17, 15) is 9.18 Å². The zero-order chi connectivity index (χ0) is 14.9. The maximum absolute atomic E-state index is 13.7. The van der Waals surface area contributed by atoms with E-state index in [0.717, 1.165) is 5.69 Å². The van der Waals surface area contributed by atoms with Crippen LogP contribution < -0.4 is 0 Å². The largest absolute Gasteiger partial charge is 0.274 e. The Bertz CT molecular complexity index is 644. The fourth-order valence-electron chi connectivity index (χ4n) is 1.85. The Balaban J connectivity index is 2.43. The van der Waals surface area contributed by atoms with Crippen molar-refractivity contribution in [2.75, 3.05) is 0 Å². The maximum atomic E-state index is 13.7. The van der Waals surface area contributed by atoms with Crippen molar-refractivity contribution >= 4 is 16.8 Å². The monoisotopic (exact) mass is 294 g/mol. The first-order valence-corrected chi connectivity index (χ1v) is 6.68. The van der Waals surface area contributed by atoms with Gasteiger partial charge in [0.25, 0.3) is 5.24 Å². The number of carbonyl (C=O) groups is 1. The minimum atomic E-state index is -0.593. The van der Waals surface area contributed by atoms with Gasteiger partial charge < -0.3 is 0 Å². The van der Waals surface area contributed by atoms with Crippen LogP contribution in [-0.4, -0.2) is 15.0 Å². The molecule has 3 nitrogen and oxygen atoms in total. The van der Waals surface area contributed by atoms with E-state index < -0.39 is 5.24 Å². The molecule has 0 saturated heterocycles. The summed E-state index contributed by atoms with van der Waals surface area (Å²) in [6, 6.07) is 8.07. The van der Waals surface area contributed by atoms with Crippen LogP contribution in [0.15, 0.2) is 30.3 Å². The minimum absolute atomic E-state index is 0.177. The van der Waals surface area contributed by atoms with E-state index in [2.05, 4.69) is 5.10 Å². The summed E-state index contributed by atoms with van der Waals surface area (Å²) < 4.78 is 15.1. The molecule has 106 valence electrons. The zero-order valence-corrected chi connectivity index (χ0v) is 12.4. The van der Waals surface area contributed by atoms with Crippen molar-refractivity contribution in [1.82, 2.24) is 9.78 Å². The van der Waals surface area contributed by atoms with Crippen LogP contribution in [0.4, 0.5) is 4.39 Å². The highest BCUT2D eigenvalue weighted by atomic mass is 35.5. The van der Waals surface area contributed by atoms with Crippen molar-refractivity contribution in [2.45, 2.75) is 32.7 Å². The van der Waals surface area contributed by atoms with Gasteiger partial charge in [0.1, 0.15) is 11.5 Å². The molecule has 5 heteroatoms. The predicted molar refractivity (Wildman–Crippen MR) is 76.6 cm³/mol. The number of hydrogen-bond donors (Lipinski definition) is 0. The third kappa shape index (κ3) is 3.07. The highest BCUT2D eigenvalue weighted by Crippen LogP contribution is 2.23. The molecule has 0 N–H and O–H groups in total. The summed E-state index contributed by atoms with van der Waals surface area (Å²) in [6.45, 7) is 6.15. The van der Waals surface area contributed by atoms with Gasteiger partial charge in [0.2, 0.25) is 0 Å². The second-order valence-corrected chi connectivity index (χ2v) is 6.03. The molecule has 0 amide bonds. The minimum Gasteiger partial charge on any atom is -0.274 e. The Labute approximate surface area is 122 Å². The number of carbonyl (C=O) groups excluding carboxylic acids is 1. The summed E-state index contributed by atoms with van der Waals surface area (Å²) in [5, 5.41) is 3.79. The molecule has 0 fully saturated rings. The lowest BCUT2D eigenvalue weighted by atomic mass is 9.92. The zero-order valence-electron chi connectivity index (χ0n) is 11.7. The number of nitrogens with zero attached hydrogens (tertiary/aromatic N) is 2. The fraction of sp³-hybridized carbons (Fsp3) is 0.333. The van der Waals surface area contributed by atoms with E-state index >= 15 is 0 Å². The summed E-state index contributed by atoms with van der Waals surface area (Å²) in [6.07, 6.45) is 0. The van der Waals surface area contributed by atoms with Gasteiger partial charge in [-0.2, -0.15) is 5.10 Å². The molecule has 0 atom stereocenters. The van der Waals surface area contributed by atoms with E-state index in [4.69, 9.17) is 11.6 Å². The molecule has 0 saturated carbocycles. The van der Waals surface area contributed by atoms with Crippen LogP contribution in [0.1, 0.15) is 42.5 Å². The maximum Gasteiger partial charge on any atom is 0.270 e. The van der Waals surface area contributed by atoms with Crippen LogP contribution in [-0.2, 0) is 12.0 Å². The number of hydrogen-bond acceptors (Lipinski definition) is 2. The quantitative estimate of drug-likeness (QED) is 0.808. The molecule has 1 aromatic heterocycles. The standard InChI is InChI=1S/C15H16ClFN2O/c1-15(2,3)13-8-12(14(16)20)19(18-13)9-10-6-4-5-7-11(10)17/h4-8H,9H2,1-3H3. The van der Waals surface area contributed by atoms with Crippen LogP contribution in [0, 0.1) is 5.82 Å². The third-order valence-electron chi connectivity index (χ3n) is 3.03. The van der Waals surface area contributed by atoms with Crippen molar-refractivity contribution < 1.29 is 9.18 Å². The van der Waals surface area contributed by atoms with Crippen molar-refractivity contribution in [3.63, 3.8) is 0 Å². The van der Waals surface area contributed by atoms with Gasteiger partial charge in [-0.15, -0.1) is 0 Å². The second-order valence-electron chi connectivity index (χ2n) is 5.69. The molecular formula is C15H16ClFN2O. The Morgan fingerprint density at radius 1 is 1.35 bits per heavy atom. The number of rotatable bonds is 3. The normalized spacial score (nSPS) is 11.7. The molecule has 20 heavy (non-hydrogen) atoms. The molecule has 0 aliphatic heterocycles. The van der Waals surface area contributed by atoms with E-state index in [-0.39, 0.29) is 23.5 Å². The van der Waals surface area contributed by atoms with E-state index in [0.29, 0.717) is 5.56 Å². The highest BCUT2D eigenvalue weighted by molar-refractivity contribution is 6.67. The van der Waals surface area contributed by atoms with Crippen LogP contribution in [0.25, 0.3) is 0 Å². The van der Waals surface area contributed by atoms with Crippen molar-refractivity contribution in [1.29, 1.82) is 0 Å². The van der Waals surface area contributed by atoms with Gasteiger partial charge in [-0.1, -0.05) is 39.0 Å². The van der Waals surface area contributed by atoms with Crippen LogP contribution >= 0.6 is 11.6 Å². The molecule has 0 aliphatic rings. The second kappa shape index (κ2) is 5.37. The average molecular weight is 295 g/mol. The van der Waals surface area contributed by atoms with Crippen molar-refractivity contribution in [3.8, 4) is 0 Å². The highest BCUT2D eigenvalue weighted by Gasteiger charge is 2.22. The van der Waals surface area contributed by atoms with Gasteiger partial charge in [-0.3, -0.25) is 9.48 Å². The SMILES string of the molecule is CC(C)(C)c1cc(C(=O)Cl)n(Cc2ccccc2F)n1. The van der Waals surface area contributed by atoms with E-state index in [1.54, 1.807) is 24.3 Å². The summed E-state index contributed by atoms with van der Waals surface area (Å²) >= 11 is 5.58. The molecular weight excluding hydrogens is 279 g/mol. The number of benzene rings is 1. The Kier molecular flexibility index (Phi) is 3.95. The summed E-state index contributed by atoms with van der Waals surface area (Å²) in [4.78, 5) is 11.5. The van der Waals surface area contributed by atoms with Gasteiger partial charge in [-0.05, 0) is 23.7 Å². The Morgan fingerprint density at radius 2 is 2.00 bits per heavy atom. The van der Waals surface area contributed by atoms with E-state index in [1.807, 2.05) is 20.8 Å². The first-order valence-electron chi connectivity index (χ1n) is 6.30. The average Bonchev–Trinajstić information content (AvgIpc) is 2.76. The Hall–Kier alpha value is -1.68. The third-order valence-corrected chi connectivity index (χ3v) is 3.22. The van der Waals surface area contributed by atoms with Crippen molar-refractivity contribution in [2.24, 2.45) is 0 Å². The molecule has 0 unspecified atom stereocenters. The topological polar surface area (TPSA) is 34.9 Å². The number of aromatic nitrogens is 2. The van der Waals surface area contributed by atoms with Gasteiger partial charge in [0, 0.05) is 11.0 Å². The molecule has 0 bridgehead atoms. The smallest absolute Gasteiger partial charge is 0.270 e. The van der Waals surface area contributed by atoms with Gasteiger partial charge >= 0.3 is 0 Å². The predicted octanol–water partition coefficient (Wildman–Crippen LogP) is 3.75. The lowest BCUT2D eigenvalue weighted by Crippen LogP contribution is -2.14. The van der Waals surface area contributed by atoms with Crippen LogP contribution in [0.2, 0.25) is 0 Å². The Morgan fingerprint density at radius 3 is 2.55 bits per heavy atom. The molecule has 1 heterocycles. The first kappa shape index (κ1) is 14.7. The molecule has 2 rings (SSSR count). The first-order chi connectivity index (χ1) is 9.29. The van der Waals surface area contributed by atoms with Gasteiger partial charge in [-0.25, -0.2) is 4.39 Å². The lowest BCUT2D eigenvalue weighted by molar-refractivity contribution is 0.107. The fourth-order valence-corrected chi connectivity index (χ4v) is 2.00. The van der Waals surface area contributed by atoms with Crippen LogP contribution in [0.3, 0.4) is 0 Å². The molecule has 0 spiro atoms. The van der Waals surface area contributed by atoms with Gasteiger partial charge in [0.05, 0.1) is 12.2 Å². The lowest BCUT2D eigenvalue weighted by Gasteiger charge is -2.14. The van der Waals surface area contributed by atoms with E-state index in [1.165, 1.54) is 10.7 Å². The van der Waals surface area contributed by atoms with Crippen molar-refractivity contribution in [3.05, 3.63) is 53.1 Å². The summed E-state index contributed by atoms with van der Waals surface area (Å²) in [5.41, 5.74) is 1.29. The summed E-state index contributed by atoms with van der Waals surface area (Å²) in [7, 11) is 0. The molecule has 1 aromatic carbocycles. The van der Waals surface area contributed by atoms with Gasteiger partial charge in [0.15, 0.2) is 0 Å². The molecule has 0 radical (unpaired) electrons. The van der Waals surface area contributed by atoms with Crippen LogP contribution in [0.5, 0.6) is 0 Å². The molecule has 2 aromatic rings. The summed E-state index contributed by atoms with van der Waals surface area (Å²) in [5.74, 6) is -0.326. The number of halogens is 2. The molecule has 0 aliphatic carbocycles.